The molecule has 0 radical (unpaired) electrons. The van der Waals surface area contributed by atoms with Crippen LogP contribution in [0.15, 0.2) is 36.4 Å². The molecule has 4 rings (SSSR count). The molecule has 1 aliphatic carbocycles. The van der Waals surface area contributed by atoms with Crippen molar-refractivity contribution >= 4 is 28.5 Å². The van der Waals surface area contributed by atoms with Crippen LogP contribution in [0.2, 0.25) is 0 Å². The second-order valence-corrected chi connectivity index (χ2v) is 6.70. The summed E-state index contributed by atoms with van der Waals surface area (Å²) in [6.07, 6.45) is 4.40. The topological polar surface area (TPSA) is 91.4 Å². The number of carbonyl (C=O) groups excluding carboxylic acids is 2. The van der Waals surface area contributed by atoms with Crippen LogP contribution in [-0.2, 0) is 17.6 Å². The number of anilines is 1. The Morgan fingerprint density at radius 2 is 1.96 bits per heavy atom. The number of carbonyl (C=O) groups is 2. The van der Waals surface area contributed by atoms with Crippen LogP contribution in [0.3, 0.4) is 0 Å². The molecule has 3 N–H and O–H groups in total. The van der Waals surface area contributed by atoms with Gasteiger partial charge in [-0.2, -0.15) is 0 Å². The summed E-state index contributed by atoms with van der Waals surface area (Å²) >= 11 is 0. The summed E-state index contributed by atoms with van der Waals surface area (Å²) < 4.78 is 4.64. The number of aromatic amines is 1. The van der Waals surface area contributed by atoms with E-state index < -0.39 is 5.97 Å². The number of benzene rings is 2. The molecule has 27 heavy (non-hydrogen) atoms. The molecule has 0 aliphatic heterocycles. The van der Waals surface area contributed by atoms with E-state index in [2.05, 4.69) is 15.0 Å². The molecule has 1 amide bonds. The Balaban J connectivity index is 1.65. The van der Waals surface area contributed by atoms with Crippen molar-refractivity contribution < 1.29 is 19.4 Å². The minimum atomic E-state index is -0.663. The van der Waals surface area contributed by atoms with Gasteiger partial charge in [-0.1, -0.05) is 6.07 Å². The van der Waals surface area contributed by atoms with Crippen LogP contribution in [0.1, 0.15) is 44.8 Å². The summed E-state index contributed by atoms with van der Waals surface area (Å²) in [6, 6.07) is 10.1. The van der Waals surface area contributed by atoms with Crippen molar-refractivity contribution in [3.8, 4) is 5.75 Å². The van der Waals surface area contributed by atoms with Gasteiger partial charge in [0.15, 0.2) is 5.75 Å². The molecular formula is C21H20N2O4. The van der Waals surface area contributed by atoms with Gasteiger partial charge in [-0.25, -0.2) is 4.79 Å². The summed E-state index contributed by atoms with van der Waals surface area (Å²) in [5, 5.41) is 14.0. The van der Waals surface area contributed by atoms with Crippen LogP contribution in [-0.4, -0.2) is 29.1 Å². The number of amides is 1. The Kier molecular flexibility index (Phi) is 4.32. The number of ether oxygens (including phenoxy) is 1. The Morgan fingerprint density at radius 1 is 1.15 bits per heavy atom. The van der Waals surface area contributed by atoms with E-state index in [1.165, 1.54) is 36.9 Å². The first-order chi connectivity index (χ1) is 13.1. The highest BCUT2D eigenvalue weighted by Crippen LogP contribution is 2.31. The van der Waals surface area contributed by atoms with E-state index >= 15 is 0 Å². The molecule has 138 valence electrons. The van der Waals surface area contributed by atoms with Crippen LogP contribution in [0.5, 0.6) is 5.75 Å². The lowest BCUT2D eigenvalue weighted by Gasteiger charge is -2.11. The minimum Gasteiger partial charge on any atom is -0.505 e. The number of H-pyrrole nitrogens is 1. The maximum Gasteiger partial charge on any atom is 0.341 e. The predicted molar refractivity (Wildman–Crippen MR) is 102 cm³/mol. The normalized spacial score (nSPS) is 13.2. The zero-order valence-corrected chi connectivity index (χ0v) is 15.0. The largest absolute Gasteiger partial charge is 0.505 e. The molecular weight excluding hydrogens is 344 g/mol. The third kappa shape index (κ3) is 3.03. The minimum absolute atomic E-state index is 0.00505. The molecule has 0 saturated heterocycles. The monoisotopic (exact) mass is 364 g/mol. The average Bonchev–Trinajstić information content (AvgIpc) is 3.06. The number of phenols is 1. The first-order valence-electron chi connectivity index (χ1n) is 8.93. The number of esters is 1. The van der Waals surface area contributed by atoms with Gasteiger partial charge in [0.1, 0.15) is 5.56 Å². The van der Waals surface area contributed by atoms with E-state index in [-0.39, 0.29) is 22.9 Å². The zero-order chi connectivity index (χ0) is 19.0. The van der Waals surface area contributed by atoms with E-state index in [0.29, 0.717) is 5.56 Å². The highest BCUT2D eigenvalue weighted by molar-refractivity contribution is 6.08. The quantitative estimate of drug-likeness (QED) is 0.487. The number of nitrogens with one attached hydrogen (secondary N) is 2. The Hall–Kier alpha value is -3.28. The van der Waals surface area contributed by atoms with E-state index in [0.717, 1.165) is 30.2 Å². The van der Waals surface area contributed by atoms with Gasteiger partial charge in [0.25, 0.3) is 5.91 Å². The lowest BCUT2D eigenvalue weighted by Crippen LogP contribution is -2.13. The molecule has 1 heterocycles. The van der Waals surface area contributed by atoms with Gasteiger partial charge in [-0.3, -0.25) is 4.79 Å². The summed E-state index contributed by atoms with van der Waals surface area (Å²) in [6.45, 7) is 0. The van der Waals surface area contributed by atoms with Gasteiger partial charge in [-0.15, -0.1) is 0 Å². The number of aryl methyl sites for hydroxylation is 2. The molecule has 6 heteroatoms. The second-order valence-electron chi connectivity index (χ2n) is 6.70. The Labute approximate surface area is 156 Å². The van der Waals surface area contributed by atoms with Gasteiger partial charge in [-0.05, 0) is 61.6 Å². The fraction of sp³-hybridized carbons (Fsp3) is 0.238. The van der Waals surface area contributed by atoms with Crippen LogP contribution in [0.4, 0.5) is 5.69 Å². The molecule has 0 spiro atoms. The smallest absolute Gasteiger partial charge is 0.341 e. The summed E-state index contributed by atoms with van der Waals surface area (Å²) in [5.74, 6) is -1.32. The number of aromatic nitrogens is 1. The molecule has 2 aromatic carbocycles. The Bertz CT molecular complexity index is 1050. The number of fused-ring (bicyclic) bond motifs is 3. The van der Waals surface area contributed by atoms with E-state index in [4.69, 9.17) is 0 Å². The summed E-state index contributed by atoms with van der Waals surface area (Å²) in [7, 11) is 1.24. The van der Waals surface area contributed by atoms with Crippen molar-refractivity contribution in [1.82, 2.24) is 4.98 Å². The molecule has 0 bridgehead atoms. The molecule has 0 fully saturated rings. The third-order valence-corrected chi connectivity index (χ3v) is 5.05. The molecule has 1 aliphatic rings. The lowest BCUT2D eigenvalue weighted by atomic mass is 9.95. The highest BCUT2D eigenvalue weighted by Gasteiger charge is 2.19. The molecule has 6 nitrogen and oxygen atoms in total. The van der Waals surface area contributed by atoms with Crippen molar-refractivity contribution in [2.75, 3.05) is 12.4 Å². The highest BCUT2D eigenvalue weighted by atomic mass is 16.5. The number of hydrogen-bond donors (Lipinski definition) is 3. The first kappa shape index (κ1) is 17.1. The summed E-state index contributed by atoms with van der Waals surface area (Å²) in [5.41, 5.74) is 4.26. The van der Waals surface area contributed by atoms with Crippen molar-refractivity contribution in [3.63, 3.8) is 0 Å². The number of methoxy groups -OCH3 is 1. The number of phenolic OH excluding ortho intramolecular Hbond substituents is 1. The van der Waals surface area contributed by atoms with Crippen LogP contribution < -0.4 is 5.32 Å². The van der Waals surface area contributed by atoms with E-state index in [1.54, 1.807) is 12.1 Å². The number of hydrogen-bond acceptors (Lipinski definition) is 4. The lowest BCUT2D eigenvalue weighted by molar-refractivity contribution is 0.0597. The fourth-order valence-electron chi connectivity index (χ4n) is 3.66. The van der Waals surface area contributed by atoms with Gasteiger partial charge < -0.3 is 20.1 Å². The SMILES string of the molecule is COC(=O)c1cccc(NC(=O)c2ccc3[nH]c4c(c3c2)CCCC4)c1O. The summed E-state index contributed by atoms with van der Waals surface area (Å²) in [4.78, 5) is 27.8. The maximum atomic E-state index is 12.7. The fourth-order valence-corrected chi connectivity index (χ4v) is 3.66. The first-order valence-corrected chi connectivity index (χ1v) is 8.93. The van der Waals surface area contributed by atoms with Gasteiger partial charge in [0.2, 0.25) is 0 Å². The molecule has 1 aromatic heterocycles. The molecule has 0 atom stereocenters. The molecule has 0 unspecified atom stereocenters. The third-order valence-electron chi connectivity index (χ3n) is 5.05. The van der Waals surface area contributed by atoms with Crippen LogP contribution in [0.25, 0.3) is 10.9 Å². The van der Waals surface area contributed by atoms with Crippen molar-refractivity contribution in [2.45, 2.75) is 25.7 Å². The second kappa shape index (κ2) is 6.79. The number of aromatic hydroxyl groups is 1. The van der Waals surface area contributed by atoms with Gasteiger partial charge in [0, 0.05) is 22.2 Å². The molecule has 3 aromatic rings. The van der Waals surface area contributed by atoms with Crippen molar-refractivity contribution in [2.24, 2.45) is 0 Å². The van der Waals surface area contributed by atoms with Gasteiger partial charge in [0.05, 0.1) is 12.8 Å². The molecule has 0 saturated carbocycles. The van der Waals surface area contributed by atoms with E-state index in [1.807, 2.05) is 12.1 Å². The predicted octanol–water partition coefficient (Wildman–Crippen LogP) is 3.79. The van der Waals surface area contributed by atoms with Crippen molar-refractivity contribution in [3.05, 3.63) is 58.8 Å². The standard InChI is InChI=1S/C21H20N2O4/c1-27-21(26)14-6-4-8-18(19(14)24)23-20(25)12-9-10-17-15(11-12)13-5-2-3-7-16(13)22-17/h4,6,8-11,22,24H,2-3,5,7H2,1H3,(H,23,25). The Morgan fingerprint density at radius 3 is 2.78 bits per heavy atom. The van der Waals surface area contributed by atoms with E-state index in [9.17, 15) is 14.7 Å². The number of rotatable bonds is 3. The van der Waals surface area contributed by atoms with Gasteiger partial charge >= 0.3 is 5.97 Å². The van der Waals surface area contributed by atoms with Crippen molar-refractivity contribution in [1.29, 1.82) is 0 Å². The van der Waals surface area contributed by atoms with Crippen LogP contribution in [0, 0.1) is 0 Å². The van der Waals surface area contributed by atoms with Crippen LogP contribution >= 0.6 is 0 Å². The number of para-hydroxylation sites is 1. The average molecular weight is 364 g/mol. The maximum absolute atomic E-state index is 12.7. The zero-order valence-electron chi connectivity index (χ0n) is 15.0.